The van der Waals surface area contributed by atoms with Gasteiger partial charge in [0.2, 0.25) is 10.0 Å². The van der Waals surface area contributed by atoms with E-state index in [0.29, 0.717) is 5.82 Å². The molecule has 0 atom stereocenters. The van der Waals surface area contributed by atoms with Gasteiger partial charge in [-0.15, -0.1) is 0 Å². The Bertz CT molecular complexity index is 340. The van der Waals surface area contributed by atoms with Crippen LogP contribution in [0.15, 0.2) is 12.4 Å². The van der Waals surface area contributed by atoms with Crippen molar-refractivity contribution in [2.75, 3.05) is 0 Å². The Balaban J connectivity index is 2.89. The van der Waals surface area contributed by atoms with Gasteiger partial charge in [0, 0.05) is 19.4 Å². The molecule has 0 saturated heterocycles. The molecule has 1 heterocycles. The van der Waals surface area contributed by atoms with Crippen LogP contribution in [-0.4, -0.2) is 18.0 Å². The molecular formula is C5H9N3O2S. The van der Waals surface area contributed by atoms with Crippen LogP contribution in [0.5, 0.6) is 0 Å². The summed E-state index contributed by atoms with van der Waals surface area (Å²) in [7, 11) is -1.74. The maximum Gasteiger partial charge on any atom is 0.216 e. The van der Waals surface area contributed by atoms with E-state index in [1.54, 1.807) is 17.8 Å². The lowest BCUT2D eigenvalue weighted by Crippen LogP contribution is -2.16. The Morgan fingerprint density at radius 1 is 1.73 bits per heavy atom. The second kappa shape index (κ2) is 2.63. The van der Waals surface area contributed by atoms with Crippen molar-refractivity contribution in [1.82, 2.24) is 9.55 Å². The normalized spacial score (nSPS) is 11.8. The summed E-state index contributed by atoms with van der Waals surface area (Å²) in [5.41, 5.74) is 0. The van der Waals surface area contributed by atoms with Gasteiger partial charge in [0.15, 0.2) is 0 Å². The molecule has 11 heavy (non-hydrogen) atoms. The van der Waals surface area contributed by atoms with Gasteiger partial charge in [-0.1, -0.05) is 0 Å². The number of aromatic nitrogens is 2. The van der Waals surface area contributed by atoms with Crippen LogP contribution in [0.3, 0.4) is 0 Å². The van der Waals surface area contributed by atoms with E-state index in [4.69, 9.17) is 5.14 Å². The second-order valence-electron chi connectivity index (χ2n) is 2.26. The van der Waals surface area contributed by atoms with Gasteiger partial charge in [0.25, 0.3) is 0 Å². The van der Waals surface area contributed by atoms with Gasteiger partial charge in [0.1, 0.15) is 11.6 Å². The minimum Gasteiger partial charge on any atom is -0.337 e. The first-order valence-electron chi connectivity index (χ1n) is 2.96. The Labute approximate surface area is 64.9 Å². The zero-order valence-electron chi connectivity index (χ0n) is 6.06. The van der Waals surface area contributed by atoms with Gasteiger partial charge in [-0.05, 0) is 0 Å². The van der Waals surface area contributed by atoms with Crippen molar-refractivity contribution in [1.29, 1.82) is 0 Å². The highest BCUT2D eigenvalue weighted by Gasteiger charge is 2.07. The molecule has 1 rings (SSSR count). The highest BCUT2D eigenvalue weighted by Crippen LogP contribution is 1.97. The van der Waals surface area contributed by atoms with E-state index in [9.17, 15) is 8.42 Å². The van der Waals surface area contributed by atoms with E-state index in [0.717, 1.165) is 0 Å². The maximum atomic E-state index is 10.6. The minimum atomic E-state index is -3.45. The molecule has 5 nitrogen and oxygen atoms in total. The van der Waals surface area contributed by atoms with Crippen molar-refractivity contribution in [3.8, 4) is 0 Å². The van der Waals surface area contributed by atoms with Gasteiger partial charge in [-0.2, -0.15) is 0 Å². The third-order valence-corrected chi connectivity index (χ3v) is 1.91. The Kier molecular flexibility index (Phi) is 1.97. The van der Waals surface area contributed by atoms with E-state index < -0.39 is 10.0 Å². The molecule has 0 spiro atoms. The lowest BCUT2D eigenvalue weighted by atomic mass is 10.7. The molecule has 0 aliphatic heterocycles. The first-order chi connectivity index (χ1) is 4.99. The SMILES string of the molecule is Cn1ccnc1CS(N)(=O)=O. The largest absolute Gasteiger partial charge is 0.337 e. The molecule has 0 aromatic carbocycles. The van der Waals surface area contributed by atoms with E-state index in [1.807, 2.05) is 0 Å². The van der Waals surface area contributed by atoms with Gasteiger partial charge in [-0.25, -0.2) is 18.5 Å². The van der Waals surface area contributed by atoms with Crippen molar-refractivity contribution in [2.45, 2.75) is 5.75 Å². The fourth-order valence-corrected chi connectivity index (χ4v) is 1.35. The summed E-state index contributed by atoms with van der Waals surface area (Å²) >= 11 is 0. The number of aryl methyl sites for hydroxylation is 1. The molecule has 0 aliphatic rings. The number of imidazole rings is 1. The molecule has 2 N–H and O–H groups in total. The van der Waals surface area contributed by atoms with Crippen LogP contribution in [0.2, 0.25) is 0 Å². The molecule has 1 aromatic rings. The predicted molar refractivity (Wildman–Crippen MR) is 40.0 cm³/mol. The molecular weight excluding hydrogens is 166 g/mol. The van der Waals surface area contributed by atoms with Crippen molar-refractivity contribution in [3.05, 3.63) is 18.2 Å². The first kappa shape index (κ1) is 8.22. The lowest BCUT2D eigenvalue weighted by molar-refractivity contribution is 0.594. The zero-order valence-corrected chi connectivity index (χ0v) is 6.87. The minimum absolute atomic E-state index is 0.212. The first-order valence-corrected chi connectivity index (χ1v) is 4.67. The number of hydrogen-bond donors (Lipinski definition) is 1. The van der Waals surface area contributed by atoms with E-state index in [-0.39, 0.29) is 5.75 Å². The topological polar surface area (TPSA) is 78.0 Å². The highest BCUT2D eigenvalue weighted by molar-refractivity contribution is 7.88. The zero-order chi connectivity index (χ0) is 8.48. The molecule has 0 amide bonds. The molecule has 0 radical (unpaired) electrons. The summed E-state index contributed by atoms with van der Waals surface area (Å²) in [5, 5.41) is 4.81. The van der Waals surface area contributed by atoms with Crippen molar-refractivity contribution in [3.63, 3.8) is 0 Å². The van der Waals surface area contributed by atoms with E-state index in [1.165, 1.54) is 6.20 Å². The number of nitrogens with zero attached hydrogens (tertiary/aromatic N) is 2. The summed E-state index contributed by atoms with van der Waals surface area (Å²) in [6.07, 6.45) is 3.20. The molecule has 0 unspecified atom stereocenters. The third-order valence-electron chi connectivity index (χ3n) is 1.25. The summed E-state index contributed by atoms with van der Waals surface area (Å²) in [6, 6.07) is 0. The summed E-state index contributed by atoms with van der Waals surface area (Å²) in [4.78, 5) is 3.80. The number of primary sulfonamides is 1. The van der Waals surface area contributed by atoms with Gasteiger partial charge < -0.3 is 4.57 Å². The van der Waals surface area contributed by atoms with Crippen LogP contribution in [-0.2, 0) is 22.8 Å². The van der Waals surface area contributed by atoms with Gasteiger partial charge in [-0.3, -0.25) is 0 Å². The fraction of sp³-hybridized carbons (Fsp3) is 0.400. The fourth-order valence-electron chi connectivity index (χ4n) is 0.716. The number of sulfonamides is 1. The highest BCUT2D eigenvalue weighted by atomic mass is 32.2. The van der Waals surface area contributed by atoms with Crippen LogP contribution in [0.25, 0.3) is 0 Å². The number of rotatable bonds is 2. The molecule has 1 aromatic heterocycles. The van der Waals surface area contributed by atoms with E-state index in [2.05, 4.69) is 4.98 Å². The average molecular weight is 175 g/mol. The Morgan fingerprint density at radius 2 is 2.36 bits per heavy atom. The molecule has 0 saturated carbocycles. The van der Waals surface area contributed by atoms with Crippen LogP contribution in [0, 0.1) is 0 Å². The quantitative estimate of drug-likeness (QED) is 0.639. The Morgan fingerprint density at radius 3 is 2.73 bits per heavy atom. The molecule has 62 valence electrons. The van der Waals surface area contributed by atoms with Crippen LogP contribution >= 0.6 is 0 Å². The standard InChI is InChI=1S/C5H9N3O2S/c1-8-3-2-7-5(8)4-11(6,9)10/h2-3H,4H2,1H3,(H2,6,9,10). The molecule has 0 bridgehead atoms. The van der Waals surface area contributed by atoms with Crippen molar-refractivity contribution < 1.29 is 8.42 Å². The predicted octanol–water partition coefficient (Wildman–Crippen LogP) is -0.791. The third kappa shape index (κ3) is 2.32. The smallest absolute Gasteiger partial charge is 0.216 e. The molecule has 6 heteroatoms. The van der Waals surface area contributed by atoms with E-state index >= 15 is 0 Å². The van der Waals surface area contributed by atoms with Gasteiger partial charge in [0.05, 0.1) is 0 Å². The van der Waals surface area contributed by atoms with Crippen LogP contribution in [0.4, 0.5) is 0 Å². The Hall–Kier alpha value is -0.880. The van der Waals surface area contributed by atoms with Crippen molar-refractivity contribution in [2.24, 2.45) is 12.2 Å². The number of nitrogens with two attached hydrogens (primary N) is 1. The maximum absolute atomic E-state index is 10.6. The van der Waals surface area contributed by atoms with Gasteiger partial charge >= 0.3 is 0 Å². The molecule has 0 aliphatic carbocycles. The molecule has 0 fully saturated rings. The average Bonchev–Trinajstić information content (AvgIpc) is 2.12. The summed E-state index contributed by atoms with van der Waals surface area (Å²) < 4.78 is 22.8. The second-order valence-corrected chi connectivity index (χ2v) is 3.88. The number of hydrogen-bond acceptors (Lipinski definition) is 3. The summed E-state index contributed by atoms with van der Waals surface area (Å²) in [5.74, 6) is 0.240. The monoisotopic (exact) mass is 175 g/mol. The lowest BCUT2D eigenvalue weighted by Gasteiger charge is -1.97. The summed E-state index contributed by atoms with van der Waals surface area (Å²) in [6.45, 7) is 0. The van der Waals surface area contributed by atoms with Crippen LogP contribution < -0.4 is 5.14 Å². The van der Waals surface area contributed by atoms with Crippen LogP contribution in [0.1, 0.15) is 5.82 Å². The van der Waals surface area contributed by atoms with Crippen molar-refractivity contribution >= 4 is 10.0 Å².